The topological polar surface area (TPSA) is 24.5 Å². The minimum Gasteiger partial charge on any atom is -0.374 e. The third-order valence-electron chi connectivity index (χ3n) is 3.67. The van der Waals surface area contributed by atoms with Gasteiger partial charge < -0.3 is 15.0 Å². The van der Waals surface area contributed by atoms with Gasteiger partial charge in [0, 0.05) is 19.6 Å². The van der Waals surface area contributed by atoms with E-state index in [-0.39, 0.29) is 0 Å². The van der Waals surface area contributed by atoms with E-state index >= 15 is 0 Å². The Balaban J connectivity index is 1.67. The summed E-state index contributed by atoms with van der Waals surface area (Å²) in [6, 6.07) is 0. The second-order valence-electron chi connectivity index (χ2n) is 5.55. The Morgan fingerprint density at radius 1 is 1.25 bits per heavy atom. The predicted molar refractivity (Wildman–Crippen MR) is 66.7 cm³/mol. The van der Waals surface area contributed by atoms with Crippen LogP contribution in [0, 0.1) is 5.92 Å². The largest absolute Gasteiger partial charge is 0.374 e. The van der Waals surface area contributed by atoms with Crippen molar-refractivity contribution in [2.75, 3.05) is 32.7 Å². The van der Waals surface area contributed by atoms with Crippen LogP contribution in [-0.4, -0.2) is 49.8 Å². The molecular formula is C13H26N2O. The number of likely N-dealkylation sites (tertiary alicyclic amines) is 1. The van der Waals surface area contributed by atoms with Crippen molar-refractivity contribution in [2.24, 2.45) is 5.92 Å². The van der Waals surface area contributed by atoms with Crippen LogP contribution in [0.4, 0.5) is 0 Å². The van der Waals surface area contributed by atoms with Crippen LogP contribution in [0.1, 0.15) is 33.1 Å². The summed E-state index contributed by atoms with van der Waals surface area (Å²) < 4.78 is 5.88. The van der Waals surface area contributed by atoms with E-state index in [0.29, 0.717) is 12.2 Å². The second kappa shape index (κ2) is 5.99. The maximum Gasteiger partial charge on any atom is 0.0717 e. The van der Waals surface area contributed by atoms with Gasteiger partial charge in [-0.1, -0.05) is 0 Å². The fourth-order valence-electron chi connectivity index (χ4n) is 2.89. The van der Waals surface area contributed by atoms with E-state index in [1.165, 1.54) is 45.4 Å². The van der Waals surface area contributed by atoms with E-state index in [1.54, 1.807) is 0 Å². The molecule has 1 atom stereocenters. The van der Waals surface area contributed by atoms with Crippen molar-refractivity contribution in [3.63, 3.8) is 0 Å². The molecule has 2 fully saturated rings. The molecule has 0 aliphatic carbocycles. The minimum atomic E-state index is 0.379. The Morgan fingerprint density at radius 3 is 2.69 bits per heavy atom. The van der Waals surface area contributed by atoms with Crippen molar-refractivity contribution < 1.29 is 4.74 Å². The first-order chi connectivity index (χ1) is 7.74. The number of hydrogen-bond donors (Lipinski definition) is 1. The molecule has 0 radical (unpaired) electrons. The van der Waals surface area contributed by atoms with Crippen molar-refractivity contribution in [2.45, 2.75) is 45.3 Å². The molecule has 0 spiro atoms. The van der Waals surface area contributed by atoms with Crippen molar-refractivity contribution >= 4 is 0 Å². The van der Waals surface area contributed by atoms with E-state index < -0.39 is 0 Å². The van der Waals surface area contributed by atoms with Gasteiger partial charge >= 0.3 is 0 Å². The standard InChI is InChI=1S/C13H26N2O/c1-11(2)16-13-5-8-15(10-13)9-12-3-6-14-7-4-12/h11-14H,3-10H2,1-2H3/t13-/m1/s1. The van der Waals surface area contributed by atoms with E-state index in [2.05, 4.69) is 24.1 Å². The van der Waals surface area contributed by atoms with Crippen LogP contribution in [0.5, 0.6) is 0 Å². The molecule has 3 nitrogen and oxygen atoms in total. The zero-order valence-corrected chi connectivity index (χ0v) is 10.7. The van der Waals surface area contributed by atoms with Gasteiger partial charge in [-0.25, -0.2) is 0 Å². The molecule has 0 aromatic rings. The normalized spacial score (nSPS) is 29.1. The highest BCUT2D eigenvalue weighted by Crippen LogP contribution is 2.19. The summed E-state index contributed by atoms with van der Waals surface area (Å²) >= 11 is 0. The van der Waals surface area contributed by atoms with Gasteiger partial charge in [-0.15, -0.1) is 0 Å². The first-order valence-corrected chi connectivity index (χ1v) is 6.82. The van der Waals surface area contributed by atoms with Gasteiger partial charge in [0.05, 0.1) is 12.2 Å². The Kier molecular flexibility index (Phi) is 4.62. The molecule has 2 saturated heterocycles. The van der Waals surface area contributed by atoms with Gasteiger partial charge in [-0.05, 0) is 52.1 Å². The average molecular weight is 226 g/mol. The molecule has 2 aliphatic rings. The Morgan fingerprint density at radius 2 is 2.00 bits per heavy atom. The van der Waals surface area contributed by atoms with Crippen LogP contribution in [-0.2, 0) is 4.74 Å². The fourth-order valence-corrected chi connectivity index (χ4v) is 2.89. The Labute approximate surface area is 99.5 Å². The number of ether oxygens (including phenoxy) is 1. The van der Waals surface area contributed by atoms with Crippen LogP contribution in [0.2, 0.25) is 0 Å². The molecule has 2 aliphatic heterocycles. The molecule has 94 valence electrons. The lowest BCUT2D eigenvalue weighted by atomic mass is 9.98. The van der Waals surface area contributed by atoms with Crippen LogP contribution >= 0.6 is 0 Å². The first kappa shape index (κ1) is 12.3. The molecule has 16 heavy (non-hydrogen) atoms. The first-order valence-electron chi connectivity index (χ1n) is 6.82. The molecule has 0 aromatic heterocycles. The fraction of sp³-hybridized carbons (Fsp3) is 1.00. The zero-order valence-electron chi connectivity index (χ0n) is 10.7. The maximum absolute atomic E-state index is 5.88. The Bertz CT molecular complexity index is 202. The van der Waals surface area contributed by atoms with Crippen LogP contribution in [0.3, 0.4) is 0 Å². The monoisotopic (exact) mass is 226 g/mol. The van der Waals surface area contributed by atoms with Gasteiger partial charge in [0.15, 0.2) is 0 Å². The highest BCUT2D eigenvalue weighted by molar-refractivity contribution is 4.80. The van der Waals surface area contributed by atoms with E-state index in [1.807, 2.05) is 0 Å². The number of rotatable bonds is 4. The highest BCUT2D eigenvalue weighted by Gasteiger charge is 2.26. The van der Waals surface area contributed by atoms with Crippen molar-refractivity contribution in [3.05, 3.63) is 0 Å². The van der Waals surface area contributed by atoms with Crippen LogP contribution < -0.4 is 5.32 Å². The molecule has 0 bridgehead atoms. The van der Waals surface area contributed by atoms with Gasteiger partial charge in [0.1, 0.15) is 0 Å². The Hall–Kier alpha value is -0.120. The number of nitrogens with zero attached hydrogens (tertiary/aromatic N) is 1. The number of nitrogens with one attached hydrogen (secondary N) is 1. The third-order valence-corrected chi connectivity index (χ3v) is 3.67. The van der Waals surface area contributed by atoms with Crippen molar-refractivity contribution in [1.82, 2.24) is 10.2 Å². The summed E-state index contributed by atoms with van der Waals surface area (Å²) in [6.07, 6.45) is 4.80. The summed E-state index contributed by atoms with van der Waals surface area (Å²) in [4.78, 5) is 2.60. The summed E-state index contributed by atoms with van der Waals surface area (Å²) in [5, 5.41) is 3.43. The summed E-state index contributed by atoms with van der Waals surface area (Å²) in [6.45, 7) is 10.4. The van der Waals surface area contributed by atoms with Crippen LogP contribution in [0.15, 0.2) is 0 Å². The van der Waals surface area contributed by atoms with Crippen molar-refractivity contribution in [1.29, 1.82) is 0 Å². The SMILES string of the molecule is CC(C)O[C@@H]1CCN(CC2CCNCC2)C1. The molecule has 2 heterocycles. The molecular weight excluding hydrogens is 200 g/mol. The third kappa shape index (κ3) is 3.72. The number of hydrogen-bond acceptors (Lipinski definition) is 3. The molecule has 0 amide bonds. The molecule has 2 rings (SSSR count). The quantitative estimate of drug-likeness (QED) is 0.786. The molecule has 0 aromatic carbocycles. The lowest BCUT2D eigenvalue weighted by Gasteiger charge is -2.27. The van der Waals surface area contributed by atoms with Gasteiger partial charge in [0.2, 0.25) is 0 Å². The van der Waals surface area contributed by atoms with Crippen molar-refractivity contribution in [3.8, 4) is 0 Å². The predicted octanol–water partition coefficient (Wildman–Crippen LogP) is 1.49. The molecule has 3 heteroatoms. The van der Waals surface area contributed by atoms with Gasteiger partial charge in [-0.2, -0.15) is 0 Å². The average Bonchev–Trinajstić information content (AvgIpc) is 2.66. The minimum absolute atomic E-state index is 0.379. The molecule has 0 unspecified atom stereocenters. The summed E-state index contributed by atoms with van der Waals surface area (Å²) in [7, 11) is 0. The second-order valence-corrected chi connectivity index (χ2v) is 5.55. The van der Waals surface area contributed by atoms with E-state index in [9.17, 15) is 0 Å². The van der Waals surface area contributed by atoms with Gasteiger partial charge in [0.25, 0.3) is 0 Å². The van der Waals surface area contributed by atoms with Crippen LogP contribution in [0.25, 0.3) is 0 Å². The molecule has 0 saturated carbocycles. The smallest absolute Gasteiger partial charge is 0.0717 e. The van der Waals surface area contributed by atoms with Gasteiger partial charge in [-0.3, -0.25) is 0 Å². The number of piperidine rings is 1. The lowest BCUT2D eigenvalue weighted by molar-refractivity contribution is 0.0131. The maximum atomic E-state index is 5.88. The lowest BCUT2D eigenvalue weighted by Crippen LogP contribution is -2.35. The van der Waals surface area contributed by atoms with E-state index in [0.717, 1.165) is 12.5 Å². The molecule has 1 N–H and O–H groups in total. The zero-order chi connectivity index (χ0) is 11.4. The summed E-state index contributed by atoms with van der Waals surface area (Å²) in [5.74, 6) is 0.916. The summed E-state index contributed by atoms with van der Waals surface area (Å²) in [5.41, 5.74) is 0. The van der Waals surface area contributed by atoms with E-state index in [4.69, 9.17) is 4.74 Å². The highest BCUT2D eigenvalue weighted by atomic mass is 16.5.